The molecule has 0 bridgehead atoms. The Bertz CT molecular complexity index is 1300. The van der Waals surface area contributed by atoms with Crippen LogP contribution in [0.3, 0.4) is 0 Å². The Labute approximate surface area is 234 Å². The minimum atomic E-state index is -4.08. The summed E-state index contributed by atoms with van der Waals surface area (Å²) in [6, 6.07) is 26.4. The molecule has 202 valence electrons. The van der Waals surface area contributed by atoms with Gasteiger partial charge in [-0.05, 0) is 52.5 Å². The highest BCUT2D eigenvalue weighted by Gasteiger charge is 2.52. The van der Waals surface area contributed by atoms with E-state index in [9.17, 15) is 18.3 Å². The smallest absolute Gasteiger partial charge is 0.306 e. The standard InChI is InChI=1S/C29H33BrO6SSi/c1-29(2,3)38(26-10-6-4-7-11-26,27-12-8-5-9-13-27)36-24-19-21(28(31)32)18-23(20-24)35-37(33,34)25-16-14-22(30)15-17-25/h4-17,21,23-24H,18-20H2,1-3H3,(H,31,32)/t21-,23+,24+/m0/s1. The molecule has 9 heteroatoms. The van der Waals surface area contributed by atoms with Crippen LogP contribution in [0.15, 0.2) is 94.3 Å². The third kappa shape index (κ3) is 6.12. The maximum atomic E-state index is 13.1. The van der Waals surface area contributed by atoms with Crippen molar-refractivity contribution in [1.82, 2.24) is 0 Å². The number of halogens is 1. The minimum absolute atomic E-state index is 0.0302. The zero-order chi connectivity index (χ0) is 27.6. The van der Waals surface area contributed by atoms with Crippen LogP contribution >= 0.6 is 15.9 Å². The highest BCUT2D eigenvalue weighted by molar-refractivity contribution is 9.10. The maximum absolute atomic E-state index is 13.1. The van der Waals surface area contributed by atoms with Crippen LogP contribution in [0, 0.1) is 5.92 Å². The Kier molecular flexibility index (Phi) is 8.64. The molecule has 0 unspecified atom stereocenters. The lowest BCUT2D eigenvalue weighted by atomic mass is 9.85. The van der Waals surface area contributed by atoms with Gasteiger partial charge in [-0.25, -0.2) is 0 Å². The van der Waals surface area contributed by atoms with Gasteiger partial charge >= 0.3 is 5.97 Å². The summed E-state index contributed by atoms with van der Waals surface area (Å²) in [7, 11) is -7.05. The average Bonchev–Trinajstić information content (AvgIpc) is 2.87. The molecule has 38 heavy (non-hydrogen) atoms. The van der Waals surface area contributed by atoms with E-state index in [-0.39, 0.29) is 29.2 Å². The van der Waals surface area contributed by atoms with Crippen LogP contribution in [-0.4, -0.2) is 40.0 Å². The van der Waals surface area contributed by atoms with Gasteiger partial charge in [0, 0.05) is 17.0 Å². The van der Waals surface area contributed by atoms with Gasteiger partial charge in [-0.2, -0.15) is 8.42 Å². The number of carbonyl (C=O) groups is 1. The highest BCUT2D eigenvalue weighted by Crippen LogP contribution is 2.41. The van der Waals surface area contributed by atoms with Gasteiger partial charge in [0.2, 0.25) is 0 Å². The summed E-state index contributed by atoms with van der Waals surface area (Å²) >= 11 is 3.31. The van der Waals surface area contributed by atoms with Crippen LogP contribution in [0.1, 0.15) is 40.0 Å². The number of rotatable bonds is 8. The molecule has 1 aliphatic carbocycles. The molecule has 1 N–H and O–H groups in total. The molecule has 0 aliphatic heterocycles. The Hall–Kier alpha value is -2.30. The van der Waals surface area contributed by atoms with Gasteiger partial charge in [-0.15, -0.1) is 0 Å². The molecule has 0 aromatic heterocycles. The number of benzene rings is 3. The largest absolute Gasteiger partial charge is 0.481 e. The van der Waals surface area contributed by atoms with Gasteiger partial charge in [0.25, 0.3) is 18.4 Å². The first-order valence-corrected chi connectivity index (χ1v) is 16.7. The molecule has 0 heterocycles. The van der Waals surface area contributed by atoms with Gasteiger partial charge in [0.15, 0.2) is 0 Å². The monoisotopic (exact) mass is 616 g/mol. The van der Waals surface area contributed by atoms with Crippen molar-refractivity contribution in [2.24, 2.45) is 5.92 Å². The van der Waals surface area contributed by atoms with Crippen molar-refractivity contribution < 1.29 is 26.9 Å². The highest BCUT2D eigenvalue weighted by atomic mass is 79.9. The lowest BCUT2D eigenvalue weighted by molar-refractivity contribution is -0.145. The molecule has 0 spiro atoms. The van der Waals surface area contributed by atoms with Crippen molar-refractivity contribution in [3.8, 4) is 0 Å². The number of hydrogen-bond donors (Lipinski definition) is 1. The molecular formula is C29H33BrO6SSi. The van der Waals surface area contributed by atoms with Gasteiger partial charge < -0.3 is 9.53 Å². The van der Waals surface area contributed by atoms with Crippen LogP contribution < -0.4 is 10.4 Å². The van der Waals surface area contributed by atoms with E-state index in [0.29, 0.717) is 0 Å². The second-order valence-electron chi connectivity index (χ2n) is 10.8. The van der Waals surface area contributed by atoms with Crippen molar-refractivity contribution in [2.45, 2.75) is 62.2 Å². The Balaban J connectivity index is 1.72. The molecule has 0 saturated heterocycles. The predicted molar refractivity (Wildman–Crippen MR) is 154 cm³/mol. The van der Waals surface area contributed by atoms with Gasteiger partial charge in [0.05, 0.1) is 16.9 Å². The predicted octanol–water partition coefficient (Wildman–Crippen LogP) is 5.35. The van der Waals surface area contributed by atoms with Gasteiger partial charge in [0.1, 0.15) is 0 Å². The average molecular weight is 618 g/mol. The fourth-order valence-corrected chi connectivity index (χ4v) is 11.4. The van der Waals surface area contributed by atoms with Crippen molar-refractivity contribution in [2.75, 3.05) is 0 Å². The summed E-state index contributed by atoms with van der Waals surface area (Å²) < 4.78 is 39.7. The summed E-state index contributed by atoms with van der Waals surface area (Å²) in [5.41, 5.74) is 0. The number of hydrogen-bond acceptors (Lipinski definition) is 5. The fraction of sp³-hybridized carbons (Fsp3) is 0.345. The van der Waals surface area contributed by atoms with Crippen LogP contribution in [0.4, 0.5) is 0 Å². The van der Waals surface area contributed by atoms with Crippen LogP contribution in [0.5, 0.6) is 0 Å². The van der Waals surface area contributed by atoms with Crippen molar-refractivity contribution in [3.05, 3.63) is 89.4 Å². The topological polar surface area (TPSA) is 89.9 Å². The molecule has 1 saturated carbocycles. The van der Waals surface area contributed by atoms with E-state index >= 15 is 0 Å². The van der Waals surface area contributed by atoms with Crippen molar-refractivity contribution in [3.63, 3.8) is 0 Å². The molecule has 3 aromatic carbocycles. The normalized spacial score (nSPS) is 20.7. The third-order valence-electron chi connectivity index (χ3n) is 7.10. The summed E-state index contributed by atoms with van der Waals surface area (Å²) in [5.74, 6) is -1.76. The first kappa shape index (κ1) is 28.7. The molecule has 0 radical (unpaired) electrons. The van der Waals surface area contributed by atoms with Crippen molar-refractivity contribution in [1.29, 1.82) is 0 Å². The van der Waals surface area contributed by atoms with E-state index in [0.717, 1.165) is 14.8 Å². The SMILES string of the molecule is CC(C)(C)[Si](O[C@H]1C[C@H](OS(=O)(=O)c2ccc(Br)cc2)C[C@H](C(=O)O)C1)(c1ccccc1)c1ccccc1. The molecule has 1 fully saturated rings. The Morgan fingerprint density at radius 3 is 1.82 bits per heavy atom. The summed E-state index contributed by atoms with van der Waals surface area (Å²) in [5, 5.41) is 11.8. The van der Waals surface area contributed by atoms with Crippen LogP contribution in [0.2, 0.25) is 5.04 Å². The number of carboxylic acid groups (broad SMARTS) is 1. The molecule has 3 atom stereocenters. The van der Waals surface area contributed by atoms with Crippen LogP contribution in [-0.2, 0) is 23.5 Å². The number of aliphatic carboxylic acids is 1. The van der Waals surface area contributed by atoms with E-state index < -0.39 is 42.5 Å². The zero-order valence-corrected chi connectivity index (χ0v) is 25.1. The third-order valence-corrected chi connectivity index (χ3v) is 14.1. The Morgan fingerprint density at radius 1 is 0.842 bits per heavy atom. The van der Waals surface area contributed by atoms with E-state index in [2.05, 4.69) is 61.0 Å². The molecular weight excluding hydrogens is 584 g/mol. The Morgan fingerprint density at radius 2 is 1.34 bits per heavy atom. The van der Waals surface area contributed by atoms with E-state index in [4.69, 9.17) is 8.61 Å². The maximum Gasteiger partial charge on any atom is 0.306 e. The van der Waals surface area contributed by atoms with Crippen molar-refractivity contribution >= 4 is 50.7 Å². The second-order valence-corrected chi connectivity index (χ2v) is 17.5. The fourth-order valence-electron chi connectivity index (χ4n) is 5.37. The first-order chi connectivity index (χ1) is 17.9. The minimum Gasteiger partial charge on any atom is -0.481 e. The lowest BCUT2D eigenvalue weighted by Crippen LogP contribution is -2.68. The van der Waals surface area contributed by atoms with E-state index in [1.54, 1.807) is 12.1 Å². The second kappa shape index (κ2) is 11.4. The molecule has 1 aliphatic rings. The zero-order valence-electron chi connectivity index (χ0n) is 21.7. The summed E-state index contributed by atoms with van der Waals surface area (Å²) in [6.45, 7) is 6.47. The van der Waals surface area contributed by atoms with Gasteiger partial charge in [-0.3, -0.25) is 8.98 Å². The molecule has 6 nitrogen and oxygen atoms in total. The molecule has 3 aromatic rings. The molecule has 0 amide bonds. The van der Waals surface area contributed by atoms with Crippen LogP contribution in [0.25, 0.3) is 0 Å². The summed E-state index contributed by atoms with van der Waals surface area (Å²) in [6.07, 6.45) is -0.642. The van der Waals surface area contributed by atoms with Gasteiger partial charge in [-0.1, -0.05) is 97.4 Å². The van der Waals surface area contributed by atoms with E-state index in [1.165, 1.54) is 12.1 Å². The lowest BCUT2D eigenvalue weighted by Gasteiger charge is -2.47. The summed E-state index contributed by atoms with van der Waals surface area (Å²) in [4.78, 5) is 12.2. The quantitative estimate of drug-likeness (QED) is 0.271. The number of carboxylic acids is 1. The molecule has 4 rings (SSSR count). The first-order valence-electron chi connectivity index (χ1n) is 12.6. The van der Waals surface area contributed by atoms with E-state index in [1.807, 2.05) is 36.4 Å².